The molecule has 0 aliphatic rings. The van der Waals surface area contributed by atoms with Crippen LogP contribution in [0, 0.1) is 0 Å². The average Bonchev–Trinajstić information content (AvgIpc) is 2.65. The van der Waals surface area contributed by atoms with Gasteiger partial charge in [0.15, 0.2) is 0 Å². The second kappa shape index (κ2) is 15.2. The Hall–Kier alpha value is -1.89. The summed E-state index contributed by atoms with van der Waals surface area (Å²) in [6.07, 6.45) is 3.33. The van der Waals surface area contributed by atoms with Crippen molar-refractivity contribution in [2.75, 3.05) is 0 Å². The minimum absolute atomic E-state index is 0.426. The van der Waals surface area contributed by atoms with Crippen molar-refractivity contribution in [2.24, 2.45) is 10.3 Å². The summed E-state index contributed by atoms with van der Waals surface area (Å²) in [7, 11) is 0. The molecule has 0 saturated carbocycles. The van der Waals surface area contributed by atoms with Crippen molar-refractivity contribution >= 4 is 46.2 Å². The van der Waals surface area contributed by atoms with Crippen molar-refractivity contribution in [1.29, 1.82) is 0 Å². The maximum absolute atomic E-state index is 7.73. The Labute approximate surface area is 174 Å². The number of aromatic nitrogens is 2. The van der Waals surface area contributed by atoms with E-state index in [9.17, 15) is 0 Å². The second-order valence-electron chi connectivity index (χ2n) is 5.47. The van der Waals surface area contributed by atoms with Gasteiger partial charge in [-0.1, -0.05) is 45.6 Å². The summed E-state index contributed by atoms with van der Waals surface area (Å²) < 4.78 is 0. The molecule has 0 radical (unpaired) electrons. The van der Waals surface area contributed by atoms with E-state index in [1.54, 1.807) is 38.4 Å². The highest BCUT2D eigenvalue weighted by molar-refractivity contribution is 6.29. The van der Waals surface area contributed by atoms with Crippen LogP contribution in [0.1, 0.15) is 38.8 Å². The topological polar surface area (TPSA) is 80.0 Å². The molecule has 0 atom stereocenters. The molecular formula is C18H23Cl3N4O2. The molecule has 2 aromatic heterocycles. The van der Waals surface area contributed by atoms with Gasteiger partial charge in [0.25, 0.3) is 0 Å². The van der Waals surface area contributed by atoms with Gasteiger partial charge in [-0.25, -0.2) is 9.97 Å². The summed E-state index contributed by atoms with van der Waals surface area (Å²) in [6.45, 7) is 7.62. The summed E-state index contributed by atoms with van der Waals surface area (Å²) in [5.41, 5.74) is 3.52. The van der Waals surface area contributed by atoms with Crippen LogP contribution >= 0.6 is 34.8 Å². The van der Waals surface area contributed by atoms with E-state index in [2.05, 4.69) is 20.3 Å². The normalized spacial score (nSPS) is 9.00. The first-order chi connectivity index (χ1) is 12.8. The molecule has 0 spiro atoms. The highest BCUT2D eigenvalue weighted by atomic mass is 35.5. The van der Waals surface area contributed by atoms with Crippen LogP contribution in [0.3, 0.4) is 0 Å². The van der Waals surface area contributed by atoms with E-state index in [-0.39, 0.29) is 0 Å². The van der Waals surface area contributed by atoms with Gasteiger partial charge in [-0.15, -0.1) is 11.6 Å². The highest BCUT2D eigenvalue weighted by Crippen LogP contribution is 2.07. The molecular weight excluding hydrogens is 411 g/mol. The Bertz CT molecular complexity index is 698. The van der Waals surface area contributed by atoms with Crippen molar-refractivity contribution in [3.63, 3.8) is 0 Å². The fraction of sp³-hybridized carbons (Fsp3) is 0.333. The quantitative estimate of drug-likeness (QED) is 0.211. The van der Waals surface area contributed by atoms with Crippen LogP contribution in [0.4, 0.5) is 0 Å². The zero-order valence-electron chi connectivity index (χ0n) is 15.7. The molecule has 0 aromatic carbocycles. The van der Waals surface area contributed by atoms with Crippen LogP contribution in [0.15, 0.2) is 47.0 Å². The Morgan fingerprint density at radius 2 is 1.41 bits per heavy atom. The van der Waals surface area contributed by atoms with E-state index in [4.69, 9.17) is 44.8 Å². The van der Waals surface area contributed by atoms with Crippen molar-refractivity contribution in [3.05, 3.63) is 58.1 Å². The van der Waals surface area contributed by atoms with E-state index >= 15 is 0 Å². The Kier molecular flexibility index (Phi) is 14.1. The van der Waals surface area contributed by atoms with Crippen LogP contribution in [0.5, 0.6) is 0 Å². The third-order valence-corrected chi connectivity index (χ3v) is 3.17. The van der Waals surface area contributed by atoms with Gasteiger partial charge in [-0.05, 0) is 45.4 Å². The first kappa shape index (κ1) is 25.1. The summed E-state index contributed by atoms with van der Waals surface area (Å²) in [5, 5.41) is 15.3. The number of pyridine rings is 2. The SMILES string of the molecule is CC(C)=NO.CC(C)=NOCc1ccc(Cl)nc1.ClCc1ccc(Cl)nc1. The monoisotopic (exact) mass is 432 g/mol. The molecule has 27 heavy (non-hydrogen) atoms. The minimum Gasteiger partial charge on any atom is -0.411 e. The molecule has 148 valence electrons. The molecule has 1 N–H and O–H groups in total. The van der Waals surface area contributed by atoms with E-state index < -0.39 is 0 Å². The number of nitrogens with zero attached hydrogens (tertiary/aromatic N) is 4. The number of hydrogen-bond donors (Lipinski definition) is 1. The zero-order valence-corrected chi connectivity index (χ0v) is 17.9. The van der Waals surface area contributed by atoms with Gasteiger partial charge in [0.05, 0.1) is 11.4 Å². The number of halogens is 3. The van der Waals surface area contributed by atoms with Crippen LogP contribution in [-0.2, 0) is 17.3 Å². The van der Waals surface area contributed by atoms with Crippen molar-refractivity contribution in [2.45, 2.75) is 40.2 Å². The maximum atomic E-state index is 7.73. The van der Waals surface area contributed by atoms with Gasteiger partial charge < -0.3 is 10.0 Å². The van der Waals surface area contributed by atoms with E-state index in [1.165, 1.54) is 0 Å². The number of hydrogen-bond acceptors (Lipinski definition) is 6. The van der Waals surface area contributed by atoms with E-state index in [0.717, 1.165) is 16.8 Å². The molecule has 0 unspecified atom stereocenters. The fourth-order valence-electron chi connectivity index (χ4n) is 1.21. The lowest BCUT2D eigenvalue weighted by atomic mass is 10.3. The maximum Gasteiger partial charge on any atom is 0.143 e. The summed E-state index contributed by atoms with van der Waals surface area (Å²) >= 11 is 16.6. The predicted molar refractivity (Wildman–Crippen MR) is 112 cm³/mol. The van der Waals surface area contributed by atoms with Crippen molar-refractivity contribution in [3.8, 4) is 0 Å². The fourth-order valence-corrected chi connectivity index (χ4v) is 1.59. The van der Waals surface area contributed by atoms with Gasteiger partial charge in [-0.2, -0.15) is 0 Å². The first-order valence-electron chi connectivity index (χ1n) is 7.83. The lowest BCUT2D eigenvalue weighted by molar-refractivity contribution is 0.130. The standard InChI is InChI=1S/C9H11ClN2O.C6H5Cl2N.C3H7NO/c1-7(2)12-13-6-8-3-4-9(10)11-5-8;7-3-5-1-2-6(8)9-4-5;1-3(2)4-5/h3-5H,6H2,1-2H3;1-2,4H,3H2;5H,1-2H3. The van der Waals surface area contributed by atoms with Crippen LogP contribution in [0.25, 0.3) is 0 Å². The molecule has 0 amide bonds. The van der Waals surface area contributed by atoms with Crippen LogP contribution in [-0.4, -0.2) is 26.6 Å². The first-order valence-corrected chi connectivity index (χ1v) is 9.12. The molecule has 6 nitrogen and oxygen atoms in total. The molecule has 0 aliphatic carbocycles. The summed E-state index contributed by atoms with van der Waals surface area (Å²) in [5.74, 6) is 0.490. The smallest absolute Gasteiger partial charge is 0.143 e. The van der Waals surface area contributed by atoms with Crippen LogP contribution < -0.4 is 0 Å². The van der Waals surface area contributed by atoms with Crippen molar-refractivity contribution < 1.29 is 10.0 Å². The van der Waals surface area contributed by atoms with E-state index in [1.807, 2.05) is 26.0 Å². The lowest BCUT2D eigenvalue weighted by Crippen LogP contribution is -1.90. The molecule has 0 bridgehead atoms. The average molecular weight is 434 g/mol. The lowest BCUT2D eigenvalue weighted by Gasteiger charge is -1.99. The van der Waals surface area contributed by atoms with Gasteiger partial charge in [-0.3, -0.25) is 0 Å². The second-order valence-corrected chi connectivity index (χ2v) is 6.51. The number of oxime groups is 2. The zero-order chi connectivity index (χ0) is 20.7. The van der Waals surface area contributed by atoms with Gasteiger partial charge >= 0.3 is 0 Å². The van der Waals surface area contributed by atoms with Crippen LogP contribution in [0.2, 0.25) is 10.3 Å². The summed E-state index contributed by atoms with van der Waals surface area (Å²) in [4.78, 5) is 12.8. The molecule has 0 fully saturated rings. The molecule has 0 saturated heterocycles. The third-order valence-electron chi connectivity index (χ3n) is 2.41. The van der Waals surface area contributed by atoms with Crippen molar-refractivity contribution in [1.82, 2.24) is 9.97 Å². The molecule has 2 heterocycles. The summed E-state index contributed by atoms with van der Waals surface area (Å²) in [6, 6.07) is 7.15. The van der Waals surface area contributed by atoms with Gasteiger partial charge in [0, 0.05) is 23.8 Å². The van der Waals surface area contributed by atoms with Gasteiger partial charge in [0.2, 0.25) is 0 Å². The third kappa shape index (κ3) is 14.9. The Morgan fingerprint density at radius 3 is 1.74 bits per heavy atom. The minimum atomic E-state index is 0.426. The Morgan fingerprint density at radius 1 is 0.926 bits per heavy atom. The highest BCUT2D eigenvalue weighted by Gasteiger charge is 1.93. The number of alkyl halides is 1. The predicted octanol–water partition coefficient (Wildman–Crippen LogP) is 5.98. The molecule has 9 heteroatoms. The number of rotatable bonds is 4. The van der Waals surface area contributed by atoms with Gasteiger partial charge in [0.1, 0.15) is 16.9 Å². The largest absolute Gasteiger partial charge is 0.411 e. The molecule has 2 rings (SSSR count). The Balaban J connectivity index is 0.000000419. The molecule has 0 aliphatic heterocycles. The molecule has 2 aromatic rings. The van der Waals surface area contributed by atoms with E-state index in [0.29, 0.717) is 28.5 Å².